The maximum atomic E-state index is 12.3. The third kappa shape index (κ3) is 2.35. The van der Waals surface area contributed by atoms with Gasteiger partial charge in [0.15, 0.2) is 0 Å². The average molecular weight is 324 g/mol. The summed E-state index contributed by atoms with van der Waals surface area (Å²) < 4.78 is 2.32. The molecule has 6 amide bonds. The number of nitrogens with zero attached hydrogens (tertiary/aromatic N) is 4. The summed E-state index contributed by atoms with van der Waals surface area (Å²) >= 11 is 0. The first kappa shape index (κ1) is 16.6. The SMILES string of the molecule is CN1C(=O)C(CC2C(=O)N(C)C(=O)[N+](C)=C2N)C(N)=[N+](C)C1=O. The maximum Gasteiger partial charge on any atom is 0.445 e. The van der Waals surface area contributed by atoms with Gasteiger partial charge in [-0.25, -0.2) is 18.7 Å². The second-order valence-electron chi connectivity index (χ2n) is 5.67. The quantitative estimate of drug-likeness (QED) is 0.553. The fraction of sp³-hybridized carbons (Fsp3) is 0.538. The lowest BCUT2D eigenvalue weighted by Gasteiger charge is -2.28. The normalized spacial score (nSPS) is 26.6. The molecule has 0 aliphatic carbocycles. The molecule has 2 aliphatic heterocycles. The first-order valence-electron chi connectivity index (χ1n) is 6.94. The van der Waals surface area contributed by atoms with Gasteiger partial charge in [0.25, 0.3) is 11.8 Å². The van der Waals surface area contributed by atoms with Crippen LogP contribution in [0.4, 0.5) is 9.59 Å². The Labute approximate surface area is 132 Å². The zero-order valence-electron chi connectivity index (χ0n) is 13.4. The second kappa shape index (κ2) is 5.45. The monoisotopic (exact) mass is 324 g/mol. The first-order chi connectivity index (χ1) is 10.6. The molecule has 2 atom stereocenters. The number of hydrogen-bond donors (Lipinski definition) is 2. The zero-order chi connectivity index (χ0) is 17.6. The molecule has 124 valence electrons. The minimum absolute atomic E-state index is 0.0146. The highest BCUT2D eigenvalue weighted by molar-refractivity contribution is 6.12. The molecule has 10 heteroatoms. The summed E-state index contributed by atoms with van der Waals surface area (Å²) in [5.41, 5.74) is 11.8. The molecule has 0 radical (unpaired) electrons. The summed E-state index contributed by atoms with van der Waals surface area (Å²) in [5, 5.41) is 0. The predicted octanol–water partition coefficient (Wildman–Crippen LogP) is -2.21. The van der Waals surface area contributed by atoms with Gasteiger partial charge in [-0.3, -0.25) is 9.59 Å². The number of rotatable bonds is 2. The highest BCUT2D eigenvalue weighted by Crippen LogP contribution is 2.22. The molecule has 10 nitrogen and oxygen atoms in total. The summed E-state index contributed by atoms with van der Waals surface area (Å²) in [6.07, 6.45) is -0.0146. The van der Waals surface area contributed by atoms with E-state index in [0.29, 0.717) is 0 Å². The molecule has 0 saturated carbocycles. The summed E-state index contributed by atoms with van der Waals surface area (Å²) in [4.78, 5) is 50.2. The number of carbonyl (C=O) groups is 4. The Kier molecular flexibility index (Phi) is 3.93. The highest BCUT2D eigenvalue weighted by Gasteiger charge is 2.49. The van der Waals surface area contributed by atoms with Gasteiger partial charge in [-0.15, -0.1) is 0 Å². The molecule has 0 aromatic heterocycles. The molecule has 2 heterocycles. The lowest BCUT2D eigenvalue weighted by Crippen LogP contribution is -2.59. The Morgan fingerprint density at radius 1 is 0.826 bits per heavy atom. The van der Waals surface area contributed by atoms with Crippen LogP contribution in [-0.2, 0) is 9.59 Å². The van der Waals surface area contributed by atoms with Crippen LogP contribution in [0.15, 0.2) is 0 Å². The molecule has 0 bridgehead atoms. The van der Waals surface area contributed by atoms with Crippen molar-refractivity contribution in [1.29, 1.82) is 0 Å². The van der Waals surface area contributed by atoms with Crippen molar-refractivity contribution in [1.82, 2.24) is 9.80 Å². The van der Waals surface area contributed by atoms with Gasteiger partial charge >= 0.3 is 12.1 Å². The first-order valence-corrected chi connectivity index (χ1v) is 6.94. The molecule has 0 saturated heterocycles. The van der Waals surface area contributed by atoms with Gasteiger partial charge < -0.3 is 11.5 Å². The second-order valence-corrected chi connectivity index (χ2v) is 5.67. The van der Waals surface area contributed by atoms with Crippen molar-refractivity contribution >= 4 is 35.5 Å². The molecule has 2 aliphatic rings. The Bertz CT molecular complexity index is 637. The largest absolute Gasteiger partial charge is 0.445 e. The van der Waals surface area contributed by atoms with E-state index >= 15 is 0 Å². The van der Waals surface area contributed by atoms with Gasteiger partial charge in [-0.05, 0) is 6.42 Å². The standard InChI is InChI=1S/C13H18N6O4/c1-16-8(14)6(10(20)18(3)12(16)22)5-7-9(15)17(2)13(23)19(4)11(7)21/h6-7,14-15H,5H2,1-4H3/p+2. The number of amidine groups is 2. The van der Waals surface area contributed by atoms with Crippen molar-refractivity contribution in [3.8, 4) is 0 Å². The summed E-state index contributed by atoms with van der Waals surface area (Å²) in [7, 11) is 5.59. The molecule has 0 spiro atoms. The third-order valence-corrected chi connectivity index (χ3v) is 4.37. The molecule has 2 rings (SSSR count). The number of imide groups is 2. The van der Waals surface area contributed by atoms with E-state index in [1.54, 1.807) is 0 Å². The van der Waals surface area contributed by atoms with E-state index in [-0.39, 0.29) is 18.1 Å². The Hall–Kier alpha value is -2.78. The van der Waals surface area contributed by atoms with Gasteiger partial charge in [-0.1, -0.05) is 0 Å². The van der Waals surface area contributed by atoms with Crippen LogP contribution in [0.1, 0.15) is 6.42 Å². The fourth-order valence-corrected chi connectivity index (χ4v) is 2.73. The molecule has 0 fully saturated rings. The van der Waals surface area contributed by atoms with E-state index in [2.05, 4.69) is 0 Å². The number of urea groups is 2. The van der Waals surface area contributed by atoms with Crippen LogP contribution in [0.5, 0.6) is 0 Å². The molecule has 23 heavy (non-hydrogen) atoms. The van der Waals surface area contributed by atoms with Gasteiger partial charge in [0.2, 0.25) is 11.7 Å². The summed E-state index contributed by atoms with van der Waals surface area (Å²) in [6.45, 7) is 0. The van der Waals surface area contributed by atoms with E-state index in [4.69, 9.17) is 11.5 Å². The Morgan fingerprint density at radius 2 is 1.13 bits per heavy atom. The fourth-order valence-electron chi connectivity index (χ4n) is 2.73. The van der Waals surface area contributed by atoms with E-state index < -0.39 is 35.7 Å². The minimum Gasteiger partial charge on any atom is -0.321 e. The molecular formula is C13H20N6O4+2. The maximum absolute atomic E-state index is 12.3. The Morgan fingerprint density at radius 3 is 1.43 bits per heavy atom. The van der Waals surface area contributed by atoms with Gasteiger partial charge in [0, 0.05) is 0 Å². The van der Waals surface area contributed by atoms with Crippen molar-refractivity contribution in [2.45, 2.75) is 6.42 Å². The number of hydrogen-bond acceptors (Lipinski definition) is 6. The molecule has 0 aromatic rings. The average Bonchev–Trinajstić information content (AvgIpc) is 2.54. The van der Waals surface area contributed by atoms with Gasteiger partial charge in [0.05, 0.1) is 28.2 Å². The highest BCUT2D eigenvalue weighted by atomic mass is 16.2. The lowest BCUT2D eigenvalue weighted by molar-refractivity contribution is -0.409. The smallest absolute Gasteiger partial charge is 0.321 e. The summed E-state index contributed by atoms with van der Waals surface area (Å²) in [5.74, 6) is -2.64. The van der Waals surface area contributed by atoms with Gasteiger partial charge in [0.1, 0.15) is 11.8 Å². The minimum atomic E-state index is -0.870. The number of carbonyl (C=O) groups excluding carboxylic acids is 4. The molecule has 0 aromatic carbocycles. The van der Waals surface area contributed by atoms with Crippen LogP contribution in [-0.4, -0.2) is 82.7 Å². The predicted molar refractivity (Wildman–Crippen MR) is 78.7 cm³/mol. The van der Waals surface area contributed by atoms with Crippen LogP contribution >= 0.6 is 0 Å². The van der Waals surface area contributed by atoms with Crippen LogP contribution in [0.2, 0.25) is 0 Å². The van der Waals surface area contributed by atoms with E-state index in [9.17, 15) is 19.2 Å². The summed E-state index contributed by atoms with van der Waals surface area (Å²) in [6, 6.07) is -1.08. The van der Waals surface area contributed by atoms with E-state index in [1.165, 1.54) is 28.2 Å². The van der Waals surface area contributed by atoms with E-state index in [0.717, 1.165) is 19.0 Å². The van der Waals surface area contributed by atoms with Crippen LogP contribution in [0.3, 0.4) is 0 Å². The number of amides is 6. The topological polar surface area (TPSA) is 133 Å². The number of nitrogens with two attached hydrogens (primary N) is 2. The molecule has 4 N–H and O–H groups in total. The molecular weight excluding hydrogens is 304 g/mol. The van der Waals surface area contributed by atoms with Crippen molar-refractivity contribution < 1.29 is 28.3 Å². The molecule has 2 unspecified atom stereocenters. The van der Waals surface area contributed by atoms with Crippen LogP contribution in [0, 0.1) is 11.8 Å². The van der Waals surface area contributed by atoms with Crippen LogP contribution in [0.25, 0.3) is 0 Å². The van der Waals surface area contributed by atoms with Crippen LogP contribution < -0.4 is 11.5 Å². The van der Waals surface area contributed by atoms with Crippen molar-refractivity contribution in [2.75, 3.05) is 28.2 Å². The van der Waals surface area contributed by atoms with Crippen molar-refractivity contribution in [3.05, 3.63) is 0 Å². The van der Waals surface area contributed by atoms with Gasteiger partial charge in [-0.2, -0.15) is 9.80 Å². The Balaban J connectivity index is 2.41. The van der Waals surface area contributed by atoms with Crippen molar-refractivity contribution in [3.63, 3.8) is 0 Å². The van der Waals surface area contributed by atoms with E-state index in [1.807, 2.05) is 0 Å². The zero-order valence-corrected chi connectivity index (χ0v) is 13.4. The lowest BCUT2D eigenvalue weighted by atomic mass is 9.89. The third-order valence-electron chi connectivity index (χ3n) is 4.37. The van der Waals surface area contributed by atoms with Crippen molar-refractivity contribution in [2.24, 2.45) is 23.3 Å².